The lowest BCUT2D eigenvalue weighted by molar-refractivity contribution is -0.131. The van der Waals surface area contributed by atoms with Crippen LogP contribution in [-0.4, -0.2) is 81.8 Å². The van der Waals surface area contributed by atoms with Crippen LogP contribution < -0.4 is 10.5 Å². The summed E-state index contributed by atoms with van der Waals surface area (Å²) < 4.78 is 28.9. The van der Waals surface area contributed by atoms with Crippen LogP contribution in [0.5, 0.6) is 5.75 Å². The van der Waals surface area contributed by atoms with E-state index >= 15 is 4.39 Å². The number of hydrogen-bond donors (Lipinski definition) is 1. The molecule has 1 saturated carbocycles. The average molecular weight is 509 g/mol. The number of rotatable bonds is 6. The molecule has 0 radical (unpaired) electrons. The number of hydrogen-bond acceptors (Lipinski definition) is 7. The molecule has 1 aliphatic carbocycles. The molecule has 1 amide bonds. The Hall–Kier alpha value is -3.24. The van der Waals surface area contributed by atoms with Crippen LogP contribution in [-0.2, 0) is 9.53 Å². The van der Waals surface area contributed by atoms with Crippen molar-refractivity contribution in [2.75, 3.05) is 45.1 Å². The molecule has 0 spiro atoms. The number of aromatic nitrogens is 3. The van der Waals surface area contributed by atoms with Gasteiger partial charge in [0.2, 0.25) is 5.91 Å². The molecule has 2 N–H and O–H groups in total. The maximum atomic E-state index is 15.1. The Balaban J connectivity index is 1.23. The van der Waals surface area contributed by atoms with Gasteiger partial charge in [-0.1, -0.05) is 0 Å². The number of nitrogens with zero attached hydrogens (tertiary/aromatic N) is 5. The van der Waals surface area contributed by atoms with Crippen LogP contribution in [0.25, 0.3) is 22.2 Å². The Morgan fingerprint density at radius 1 is 1.16 bits per heavy atom. The number of carbonyl (C=O) groups excluding carboxylic acids is 1. The largest absolute Gasteiger partial charge is 0.491 e. The highest BCUT2D eigenvalue weighted by Crippen LogP contribution is 2.42. The van der Waals surface area contributed by atoms with Crippen molar-refractivity contribution in [1.82, 2.24) is 24.3 Å². The van der Waals surface area contributed by atoms with Crippen molar-refractivity contribution in [3.05, 3.63) is 36.5 Å². The van der Waals surface area contributed by atoms with E-state index in [2.05, 4.69) is 19.4 Å². The van der Waals surface area contributed by atoms with Crippen LogP contribution in [0.1, 0.15) is 38.6 Å². The molecule has 3 aromatic rings. The Morgan fingerprint density at radius 3 is 2.70 bits per heavy atom. The molecule has 4 heterocycles. The number of halogens is 1. The molecule has 6 rings (SSSR count). The fourth-order valence-electron chi connectivity index (χ4n) is 5.84. The lowest BCUT2D eigenvalue weighted by Gasteiger charge is -2.46. The first-order valence-corrected chi connectivity index (χ1v) is 13.1. The molecular weight excluding hydrogens is 475 g/mol. The highest BCUT2D eigenvalue weighted by atomic mass is 19.1. The number of carbonyl (C=O) groups is 1. The van der Waals surface area contributed by atoms with Gasteiger partial charge in [0.1, 0.15) is 36.0 Å². The SMILES string of the molecule is CC(=O)N1CCN(C2CC(n3cc(-c4cc(OCC5CCCO5)ccc4F)c4c(N)ncnc43)C2)CC1. The van der Waals surface area contributed by atoms with Crippen molar-refractivity contribution >= 4 is 22.8 Å². The van der Waals surface area contributed by atoms with E-state index in [1.807, 2.05) is 11.1 Å². The van der Waals surface area contributed by atoms with Gasteiger partial charge >= 0.3 is 0 Å². The minimum atomic E-state index is -0.346. The highest BCUT2D eigenvalue weighted by molar-refractivity contribution is 6.01. The van der Waals surface area contributed by atoms with E-state index in [4.69, 9.17) is 15.2 Å². The first-order chi connectivity index (χ1) is 18.0. The zero-order valence-electron chi connectivity index (χ0n) is 21.1. The quantitative estimate of drug-likeness (QED) is 0.546. The predicted octanol–water partition coefficient (Wildman–Crippen LogP) is 3.25. The summed E-state index contributed by atoms with van der Waals surface area (Å²) in [4.78, 5) is 24.8. The zero-order valence-corrected chi connectivity index (χ0v) is 21.1. The van der Waals surface area contributed by atoms with E-state index in [-0.39, 0.29) is 23.9 Å². The number of amides is 1. The molecule has 0 bridgehead atoms. The topological polar surface area (TPSA) is 98.7 Å². The van der Waals surface area contributed by atoms with Crippen molar-refractivity contribution in [3.8, 4) is 16.9 Å². The number of benzene rings is 1. The zero-order chi connectivity index (χ0) is 25.5. The summed E-state index contributed by atoms with van der Waals surface area (Å²) in [5, 5.41) is 0.663. The second kappa shape index (κ2) is 9.90. The van der Waals surface area contributed by atoms with Crippen molar-refractivity contribution in [1.29, 1.82) is 0 Å². The molecule has 2 aliphatic heterocycles. The summed E-state index contributed by atoms with van der Waals surface area (Å²) in [6.45, 7) is 6.19. The summed E-state index contributed by atoms with van der Waals surface area (Å²) in [5.74, 6) is 0.724. The number of anilines is 1. The van der Waals surface area contributed by atoms with Gasteiger partial charge in [0, 0.05) is 69.1 Å². The molecule has 2 saturated heterocycles. The summed E-state index contributed by atoms with van der Waals surface area (Å²) in [7, 11) is 0. The van der Waals surface area contributed by atoms with E-state index in [9.17, 15) is 4.79 Å². The fourth-order valence-corrected chi connectivity index (χ4v) is 5.84. The van der Waals surface area contributed by atoms with E-state index < -0.39 is 0 Å². The lowest BCUT2D eigenvalue weighted by Crippen LogP contribution is -2.54. The Kier molecular flexibility index (Phi) is 6.46. The van der Waals surface area contributed by atoms with Crippen molar-refractivity contribution in [3.63, 3.8) is 0 Å². The van der Waals surface area contributed by atoms with Gasteiger partial charge in [-0.3, -0.25) is 9.69 Å². The third-order valence-corrected chi connectivity index (χ3v) is 8.08. The number of fused-ring (bicyclic) bond motifs is 1. The van der Waals surface area contributed by atoms with E-state index in [1.165, 1.54) is 12.4 Å². The first kappa shape index (κ1) is 24.1. The predicted molar refractivity (Wildman–Crippen MR) is 138 cm³/mol. The summed E-state index contributed by atoms with van der Waals surface area (Å²) in [5.41, 5.74) is 8.12. The van der Waals surface area contributed by atoms with Gasteiger partial charge in [0.05, 0.1) is 11.5 Å². The van der Waals surface area contributed by atoms with Gasteiger partial charge in [-0.2, -0.15) is 0 Å². The lowest BCUT2D eigenvalue weighted by atomic mass is 9.85. The van der Waals surface area contributed by atoms with Crippen molar-refractivity contribution in [2.45, 2.75) is 50.8 Å². The van der Waals surface area contributed by atoms with Crippen LogP contribution in [0.15, 0.2) is 30.7 Å². The molecular formula is C27H33FN6O3. The van der Waals surface area contributed by atoms with Crippen molar-refractivity contribution < 1.29 is 18.7 Å². The third-order valence-electron chi connectivity index (χ3n) is 8.08. The van der Waals surface area contributed by atoms with E-state index in [1.54, 1.807) is 19.1 Å². The van der Waals surface area contributed by atoms with E-state index in [0.717, 1.165) is 64.1 Å². The number of nitrogen functional groups attached to an aromatic ring is 1. The van der Waals surface area contributed by atoms with Crippen molar-refractivity contribution in [2.24, 2.45) is 0 Å². The van der Waals surface area contributed by atoms with Crippen LogP contribution in [0.3, 0.4) is 0 Å². The normalized spacial score (nSPS) is 24.4. The van der Waals surface area contributed by atoms with Gasteiger partial charge < -0.3 is 24.7 Å². The molecule has 2 aromatic heterocycles. The van der Waals surface area contributed by atoms with Crippen LogP contribution >= 0.6 is 0 Å². The summed E-state index contributed by atoms with van der Waals surface area (Å²) >= 11 is 0. The monoisotopic (exact) mass is 508 g/mol. The van der Waals surface area contributed by atoms with Crippen LogP contribution in [0, 0.1) is 5.82 Å². The number of nitrogens with two attached hydrogens (primary N) is 1. The standard InChI is InChI=1S/C27H33FN6O3/c1-17(35)32-6-8-33(9-7-32)18-11-19(12-18)34-14-23(25-26(29)30-16-31-27(25)34)22-13-20(4-5-24(22)28)37-15-21-3-2-10-36-21/h4-5,13-14,16,18-19,21H,2-3,6-12,15H2,1H3,(H2,29,30,31). The molecule has 3 fully saturated rings. The number of ether oxygens (including phenoxy) is 2. The average Bonchev–Trinajstić information content (AvgIpc) is 3.52. The fraction of sp³-hybridized carbons (Fsp3) is 0.519. The van der Waals surface area contributed by atoms with Gasteiger partial charge in [0.15, 0.2) is 0 Å². The minimum absolute atomic E-state index is 0.0801. The Bertz CT molecular complexity index is 1290. The molecule has 3 aliphatic rings. The smallest absolute Gasteiger partial charge is 0.219 e. The summed E-state index contributed by atoms with van der Waals surface area (Å²) in [6, 6.07) is 5.51. The van der Waals surface area contributed by atoms with Crippen LogP contribution in [0.4, 0.5) is 10.2 Å². The minimum Gasteiger partial charge on any atom is -0.491 e. The molecule has 10 heteroatoms. The van der Waals surface area contributed by atoms with Gasteiger partial charge in [0.25, 0.3) is 0 Å². The second-order valence-corrected chi connectivity index (χ2v) is 10.3. The van der Waals surface area contributed by atoms with Crippen LogP contribution in [0.2, 0.25) is 0 Å². The summed E-state index contributed by atoms with van der Waals surface area (Å²) in [6.07, 6.45) is 7.47. The molecule has 196 valence electrons. The molecule has 1 unspecified atom stereocenters. The number of piperazine rings is 1. The Labute approximate surface area is 215 Å². The molecule has 1 aromatic carbocycles. The molecule has 37 heavy (non-hydrogen) atoms. The molecule has 1 atom stereocenters. The highest BCUT2D eigenvalue weighted by Gasteiger charge is 2.37. The Morgan fingerprint density at radius 2 is 1.97 bits per heavy atom. The second-order valence-electron chi connectivity index (χ2n) is 10.3. The molecule has 9 nitrogen and oxygen atoms in total. The van der Waals surface area contributed by atoms with E-state index in [0.29, 0.717) is 40.7 Å². The maximum absolute atomic E-state index is 15.1. The van der Waals surface area contributed by atoms with Gasteiger partial charge in [-0.05, 0) is 43.9 Å². The maximum Gasteiger partial charge on any atom is 0.219 e. The third kappa shape index (κ3) is 4.64. The van der Waals surface area contributed by atoms with Gasteiger partial charge in [-0.25, -0.2) is 14.4 Å². The first-order valence-electron chi connectivity index (χ1n) is 13.1. The van der Waals surface area contributed by atoms with Gasteiger partial charge in [-0.15, -0.1) is 0 Å².